The van der Waals surface area contributed by atoms with Gasteiger partial charge in [0.05, 0.1) is 6.07 Å². The van der Waals surface area contributed by atoms with Gasteiger partial charge in [0.2, 0.25) is 0 Å². The molecule has 1 aliphatic heterocycles. The molecule has 2 unspecified atom stereocenters. The molecule has 2 N–H and O–H groups in total. The van der Waals surface area contributed by atoms with Crippen molar-refractivity contribution in [2.45, 2.75) is 19.4 Å². The number of β-amino-alcohol motifs (C(OH)–C–C–N with tert-alkyl or cyclic N) is 1. The summed E-state index contributed by atoms with van der Waals surface area (Å²) in [6, 6.07) is 1.96. The van der Waals surface area contributed by atoms with Crippen LogP contribution in [0.2, 0.25) is 0 Å². The summed E-state index contributed by atoms with van der Waals surface area (Å²) in [5.41, 5.74) is -1.13. The van der Waals surface area contributed by atoms with E-state index in [9.17, 15) is 5.11 Å². The molecule has 0 aromatic carbocycles. The molecule has 1 saturated heterocycles. The SMILES string of the molecule is CC(C)C1CNCC1(O)C#N. The number of nitriles is 1. The second-order valence-corrected chi connectivity index (χ2v) is 3.52. The quantitative estimate of drug-likeness (QED) is 0.527. The molecule has 0 amide bonds. The van der Waals surface area contributed by atoms with Crippen LogP contribution in [-0.2, 0) is 0 Å². The highest BCUT2D eigenvalue weighted by molar-refractivity contribution is 5.11. The molecule has 0 saturated carbocycles. The maximum atomic E-state index is 9.71. The highest BCUT2D eigenvalue weighted by Crippen LogP contribution is 2.27. The molecule has 0 spiro atoms. The molecule has 0 bridgehead atoms. The summed E-state index contributed by atoms with van der Waals surface area (Å²) in [5, 5.41) is 21.4. The Bertz CT molecular complexity index is 185. The minimum absolute atomic E-state index is 0.0764. The van der Waals surface area contributed by atoms with Gasteiger partial charge in [-0.05, 0) is 5.92 Å². The zero-order valence-electron chi connectivity index (χ0n) is 6.96. The maximum Gasteiger partial charge on any atom is 0.167 e. The summed E-state index contributed by atoms with van der Waals surface area (Å²) in [6.07, 6.45) is 0. The summed E-state index contributed by atoms with van der Waals surface area (Å²) in [6.45, 7) is 5.22. The van der Waals surface area contributed by atoms with E-state index in [4.69, 9.17) is 5.26 Å². The van der Waals surface area contributed by atoms with Crippen LogP contribution < -0.4 is 5.32 Å². The van der Waals surface area contributed by atoms with Crippen molar-refractivity contribution in [2.75, 3.05) is 13.1 Å². The van der Waals surface area contributed by atoms with Gasteiger partial charge in [0, 0.05) is 19.0 Å². The van der Waals surface area contributed by atoms with Gasteiger partial charge >= 0.3 is 0 Å². The van der Waals surface area contributed by atoms with Gasteiger partial charge in [-0.15, -0.1) is 0 Å². The highest BCUT2D eigenvalue weighted by Gasteiger charge is 2.42. The topological polar surface area (TPSA) is 56.0 Å². The molecule has 0 aliphatic carbocycles. The van der Waals surface area contributed by atoms with E-state index in [0.29, 0.717) is 12.5 Å². The molecule has 1 fully saturated rings. The fourth-order valence-corrected chi connectivity index (χ4v) is 1.63. The van der Waals surface area contributed by atoms with Crippen molar-refractivity contribution in [3.63, 3.8) is 0 Å². The van der Waals surface area contributed by atoms with E-state index < -0.39 is 5.60 Å². The first-order valence-corrected chi connectivity index (χ1v) is 3.94. The van der Waals surface area contributed by atoms with Gasteiger partial charge in [-0.2, -0.15) is 5.26 Å². The maximum absolute atomic E-state index is 9.71. The Balaban J connectivity index is 2.74. The van der Waals surface area contributed by atoms with Crippen LogP contribution >= 0.6 is 0 Å². The van der Waals surface area contributed by atoms with Crippen molar-refractivity contribution in [1.29, 1.82) is 5.26 Å². The number of aliphatic hydroxyl groups is 1. The minimum Gasteiger partial charge on any atom is -0.374 e. The Hall–Kier alpha value is -0.590. The molecule has 0 aromatic rings. The van der Waals surface area contributed by atoms with Gasteiger partial charge in [0.15, 0.2) is 5.60 Å². The molecule has 1 aliphatic rings. The Morgan fingerprint density at radius 1 is 1.73 bits per heavy atom. The van der Waals surface area contributed by atoms with Crippen molar-refractivity contribution in [3.8, 4) is 6.07 Å². The third kappa shape index (κ3) is 1.37. The molecule has 0 radical (unpaired) electrons. The zero-order valence-corrected chi connectivity index (χ0v) is 6.96. The van der Waals surface area contributed by atoms with E-state index in [1.165, 1.54) is 0 Å². The number of hydrogen-bond acceptors (Lipinski definition) is 3. The van der Waals surface area contributed by atoms with E-state index >= 15 is 0 Å². The van der Waals surface area contributed by atoms with E-state index in [2.05, 4.69) is 5.32 Å². The lowest BCUT2D eigenvalue weighted by molar-refractivity contribution is 0.0535. The fraction of sp³-hybridized carbons (Fsp3) is 0.875. The summed E-state index contributed by atoms with van der Waals surface area (Å²) in [4.78, 5) is 0. The van der Waals surface area contributed by atoms with Crippen LogP contribution in [0.1, 0.15) is 13.8 Å². The number of rotatable bonds is 1. The Kier molecular flexibility index (Phi) is 2.17. The predicted molar refractivity (Wildman–Crippen MR) is 41.8 cm³/mol. The third-order valence-electron chi connectivity index (χ3n) is 2.37. The molecule has 0 aromatic heterocycles. The molecule has 3 nitrogen and oxygen atoms in total. The highest BCUT2D eigenvalue weighted by atomic mass is 16.3. The van der Waals surface area contributed by atoms with E-state index in [1.807, 2.05) is 19.9 Å². The lowest BCUT2D eigenvalue weighted by Crippen LogP contribution is -2.38. The van der Waals surface area contributed by atoms with Crippen molar-refractivity contribution in [3.05, 3.63) is 0 Å². The molecular weight excluding hydrogens is 140 g/mol. The minimum atomic E-state index is -1.13. The lowest BCUT2D eigenvalue weighted by Gasteiger charge is -2.24. The summed E-state index contributed by atoms with van der Waals surface area (Å²) < 4.78 is 0. The fourth-order valence-electron chi connectivity index (χ4n) is 1.63. The van der Waals surface area contributed by atoms with Crippen LogP contribution in [0, 0.1) is 23.2 Å². The van der Waals surface area contributed by atoms with Crippen molar-refractivity contribution in [2.24, 2.45) is 11.8 Å². The Morgan fingerprint density at radius 2 is 2.36 bits per heavy atom. The second kappa shape index (κ2) is 2.80. The normalized spacial score (nSPS) is 37.5. The van der Waals surface area contributed by atoms with E-state index in [0.717, 1.165) is 6.54 Å². The smallest absolute Gasteiger partial charge is 0.167 e. The average Bonchev–Trinajstić information content (AvgIpc) is 2.32. The van der Waals surface area contributed by atoms with Crippen LogP contribution in [0.25, 0.3) is 0 Å². The van der Waals surface area contributed by atoms with Crippen LogP contribution in [0.15, 0.2) is 0 Å². The largest absolute Gasteiger partial charge is 0.374 e. The monoisotopic (exact) mass is 154 g/mol. The van der Waals surface area contributed by atoms with Gasteiger partial charge < -0.3 is 10.4 Å². The van der Waals surface area contributed by atoms with Crippen LogP contribution in [0.4, 0.5) is 0 Å². The second-order valence-electron chi connectivity index (χ2n) is 3.52. The van der Waals surface area contributed by atoms with Crippen LogP contribution in [0.3, 0.4) is 0 Å². The van der Waals surface area contributed by atoms with Crippen molar-refractivity contribution < 1.29 is 5.11 Å². The van der Waals surface area contributed by atoms with E-state index in [1.54, 1.807) is 0 Å². The van der Waals surface area contributed by atoms with E-state index in [-0.39, 0.29) is 5.92 Å². The Morgan fingerprint density at radius 3 is 2.73 bits per heavy atom. The van der Waals surface area contributed by atoms with Gasteiger partial charge in [0.1, 0.15) is 0 Å². The van der Waals surface area contributed by atoms with Crippen molar-refractivity contribution >= 4 is 0 Å². The zero-order chi connectivity index (χ0) is 8.48. The first-order chi connectivity index (χ1) is 5.10. The van der Waals surface area contributed by atoms with Gasteiger partial charge in [-0.3, -0.25) is 0 Å². The van der Waals surface area contributed by atoms with Crippen molar-refractivity contribution in [1.82, 2.24) is 5.32 Å². The van der Waals surface area contributed by atoms with Gasteiger partial charge in [0.25, 0.3) is 0 Å². The first-order valence-electron chi connectivity index (χ1n) is 3.94. The van der Waals surface area contributed by atoms with Gasteiger partial charge in [-0.25, -0.2) is 0 Å². The predicted octanol–water partition coefficient (Wildman–Crippen LogP) is 0.116. The number of nitrogens with one attached hydrogen (secondary N) is 1. The summed E-state index contributed by atoms with van der Waals surface area (Å²) in [7, 11) is 0. The molecule has 1 heterocycles. The third-order valence-corrected chi connectivity index (χ3v) is 2.37. The average molecular weight is 154 g/mol. The molecule has 3 heteroatoms. The molecule has 62 valence electrons. The van der Waals surface area contributed by atoms with Gasteiger partial charge in [-0.1, -0.05) is 13.8 Å². The molecular formula is C8H14N2O. The number of nitrogens with zero attached hydrogens (tertiary/aromatic N) is 1. The molecule has 2 atom stereocenters. The molecule has 11 heavy (non-hydrogen) atoms. The summed E-state index contributed by atoms with van der Waals surface area (Å²) >= 11 is 0. The standard InChI is InChI=1S/C8H14N2O/c1-6(2)7-3-10-5-8(7,11)4-9/h6-7,10-11H,3,5H2,1-2H3. The van der Waals surface area contributed by atoms with Crippen LogP contribution in [0.5, 0.6) is 0 Å². The molecule has 1 rings (SSSR count). The Labute approximate surface area is 67.0 Å². The lowest BCUT2D eigenvalue weighted by atomic mass is 9.83. The van der Waals surface area contributed by atoms with Crippen LogP contribution in [-0.4, -0.2) is 23.8 Å². The summed E-state index contributed by atoms with van der Waals surface area (Å²) in [5.74, 6) is 0.433. The first kappa shape index (κ1) is 8.51. The number of hydrogen-bond donors (Lipinski definition) is 2.